The molecule has 3 rings (SSSR count). The molecule has 0 bridgehead atoms. The summed E-state index contributed by atoms with van der Waals surface area (Å²) in [6, 6.07) is 3.68. The van der Waals surface area contributed by atoms with Crippen LogP contribution in [0, 0.1) is 5.82 Å². The Kier molecular flexibility index (Phi) is 4.36. The van der Waals surface area contributed by atoms with Gasteiger partial charge in [-0.1, -0.05) is 6.92 Å². The van der Waals surface area contributed by atoms with Crippen LogP contribution in [0.5, 0.6) is 5.75 Å². The number of aryl methyl sites for hydroxylation is 1. The first-order chi connectivity index (χ1) is 10.7. The van der Waals surface area contributed by atoms with Crippen LogP contribution >= 0.6 is 0 Å². The van der Waals surface area contributed by atoms with Crippen LogP contribution in [0.3, 0.4) is 0 Å². The maximum absolute atomic E-state index is 15.0. The molecule has 2 heterocycles. The molecule has 0 fully saturated rings. The summed E-state index contributed by atoms with van der Waals surface area (Å²) in [5.41, 5.74) is 9.11. The first-order valence-corrected chi connectivity index (χ1v) is 7.84. The van der Waals surface area contributed by atoms with Gasteiger partial charge in [0.1, 0.15) is 6.61 Å². The Hall–Kier alpha value is -1.59. The molecule has 1 aromatic carbocycles. The minimum atomic E-state index is -0.272. The van der Waals surface area contributed by atoms with Crippen LogP contribution in [0.15, 0.2) is 12.1 Å². The minimum Gasteiger partial charge on any atom is -0.488 e. The topological polar surface area (TPSA) is 49.4 Å². The minimum absolute atomic E-state index is 0.139. The van der Waals surface area contributed by atoms with Crippen molar-refractivity contribution in [3.63, 3.8) is 0 Å². The van der Waals surface area contributed by atoms with Gasteiger partial charge in [0.25, 0.3) is 0 Å². The van der Waals surface area contributed by atoms with Gasteiger partial charge in [-0.3, -0.25) is 0 Å². The van der Waals surface area contributed by atoms with Crippen LogP contribution in [-0.2, 0) is 17.7 Å². The van der Waals surface area contributed by atoms with Crippen LogP contribution in [0.1, 0.15) is 30.5 Å². The van der Waals surface area contributed by atoms with Crippen molar-refractivity contribution in [2.24, 2.45) is 5.73 Å². The fraction of sp³-hybridized carbons (Fsp3) is 0.529. The van der Waals surface area contributed by atoms with Crippen LogP contribution in [0.2, 0.25) is 0 Å². The van der Waals surface area contributed by atoms with E-state index in [0.29, 0.717) is 30.9 Å². The molecule has 0 amide bonds. The lowest BCUT2D eigenvalue weighted by atomic mass is 9.96. The summed E-state index contributed by atoms with van der Waals surface area (Å²) in [6.45, 7) is 4.31. The third kappa shape index (κ3) is 2.38. The summed E-state index contributed by atoms with van der Waals surface area (Å²) in [5.74, 6) is 0.158. The van der Waals surface area contributed by atoms with E-state index in [1.54, 1.807) is 13.2 Å². The highest BCUT2D eigenvalue weighted by atomic mass is 19.1. The molecule has 0 radical (unpaired) electrons. The molecule has 2 N–H and O–H groups in total. The van der Waals surface area contributed by atoms with Crippen LogP contribution in [0.4, 0.5) is 4.39 Å². The SMILES string of the molecule is COCCOc1ccc2c(c1F)c([C@H](C)CN)c1n2CCC1. The molecule has 1 atom stereocenters. The quantitative estimate of drug-likeness (QED) is 0.835. The van der Waals surface area contributed by atoms with Gasteiger partial charge in [0, 0.05) is 24.7 Å². The predicted molar refractivity (Wildman–Crippen MR) is 85.1 cm³/mol. The molecule has 4 nitrogen and oxygen atoms in total. The second-order valence-corrected chi connectivity index (χ2v) is 5.87. The first kappa shape index (κ1) is 15.3. The Morgan fingerprint density at radius 1 is 1.36 bits per heavy atom. The van der Waals surface area contributed by atoms with Gasteiger partial charge in [0.2, 0.25) is 0 Å². The number of hydrogen-bond acceptors (Lipinski definition) is 3. The average Bonchev–Trinajstić information content (AvgIpc) is 3.09. The number of aromatic nitrogens is 1. The van der Waals surface area contributed by atoms with E-state index in [1.165, 1.54) is 5.69 Å². The number of ether oxygens (including phenoxy) is 2. The van der Waals surface area contributed by atoms with Crippen molar-refractivity contribution in [3.05, 3.63) is 29.2 Å². The Morgan fingerprint density at radius 3 is 2.91 bits per heavy atom. The Morgan fingerprint density at radius 2 is 2.18 bits per heavy atom. The first-order valence-electron chi connectivity index (χ1n) is 7.84. The van der Waals surface area contributed by atoms with E-state index in [1.807, 2.05) is 6.07 Å². The molecule has 1 aliphatic rings. The van der Waals surface area contributed by atoms with Gasteiger partial charge in [-0.05, 0) is 43.0 Å². The second-order valence-electron chi connectivity index (χ2n) is 5.87. The lowest BCUT2D eigenvalue weighted by molar-refractivity contribution is 0.144. The fourth-order valence-corrected chi connectivity index (χ4v) is 3.39. The maximum Gasteiger partial charge on any atom is 0.174 e. The number of methoxy groups -OCH3 is 1. The lowest BCUT2D eigenvalue weighted by Crippen LogP contribution is -2.11. The highest BCUT2D eigenvalue weighted by Gasteiger charge is 2.27. The van der Waals surface area contributed by atoms with Crippen molar-refractivity contribution in [3.8, 4) is 5.75 Å². The van der Waals surface area contributed by atoms with E-state index >= 15 is 0 Å². The van der Waals surface area contributed by atoms with Crippen molar-refractivity contribution >= 4 is 10.9 Å². The smallest absolute Gasteiger partial charge is 0.174 e. The number of nitrogens with zero attached hydrogens (tertiary/aromatic N) is 1. The molecule has 22 heavy (non-hydrogen) atoms. The van der Waals surface area contributed by atoms with Gasteiger partial charge in [0.15, 0.2) is 11.6 Å². The lowest BCUT2D eigenvalue weighted by Gasteiger charge is -2.12. The van der Waals surface area contributed by atoms with Crippen LogP contribution in [-0.4, -0.2) is 31.4 Å². The van der Waals surface area contributed by atoms with Gasteiger partial charge in [-0.15, -0.1) is 0 Å². The zero-order valence-electron chi connectivity index (χ0n) is 13.2. The third-order valence-electron chi connectivity index (χ3n) is 4.47. The van der Waals surface area contributed by atoms with Crippen molar-refractivity contribution in [2.45, 2.75) is 32.2 Å². The molecular weight excluding hydrogens is 283 g/mol. The van der Waals surface area contributed by atoms with Crippen molar-refractivity contribution in [1.29, 1.82) is 0 Å². The van der Waals surface area contributed by atoms with Gasteiger partial charge in [0.05, 0.1) is 12.1 Å². The number of fused-ring (bicyclic) bond motifs is 3. The van der Waals surface area contributed by atoms with E-state index in [0.717, 1.165) is 30.5 Å². The molecule has 0 aliphatic carbocycles. The molecule has 120 valence electrons. The number of benzene rings is 1. The molecule has 0 unspecified atom stereocenters. The molecule has 2 aromatic rings. The number of rotatable bonds is 6. The van der Waals surface area contributed by atoms with Crippen LogP contribution < -0.4 is 10.5 Å². The molecule has 0 saturated carbocycles. The highest BCUT2D eigenvalue weighted by Crippen LogP contribution is 2.39. The number of nitrogens with two attached hydrogens (primary N) is 1. The average molecular weight is 306 g/mol. The van der Waals surface area contributed by atoms with Crippen molar-refractivity contribution in [2.75, 3.05) is 26.9 Å². The summed E-state index contributed by atoms with van der Waals surface area (Å²) < 4.78 is 27.7. The zero-order chi connectivity index (χ0) is 15.7. The largest absolute Gasteiger partial charge is 0.488 e. The molecule has 5 heteroatoms. The van der Waals surface area contributed by atoms with Gasteiger partial charge >= 0.3 is 0 Å². The highest BCUT2D eigenvalue weighted by molar-refractivity contribution is 5.88. The molecular formula is C17H23FN2O2. The normalized spacial score (nSPS) is 15.3. The zero-order valence-corrected chi connectivity index (χ0v) is 13.2. The van der Waals surface area contributed by atoms with E-state index < -0.39 is 0 Å². The Labute approximate surface area is 130 Å². The van der Waals surface area contributed by atoms with Crippen molar-refractivity contribution < 1.29 is 13.9 Å². The van der Waals surface area contributed by atoms with E-state index in [9.17, 15) is 4.39 Å². The maximum atomic E-state index is 15.0. The Balaban J connectivity index is 2.12. The standard InChI is InChI=1S/C17H23FN2O2/c1-11(10-19)15-12-4-3-7-20(12)13-5-6-14(17(18)16(13)15)22-9-8-21-2/h5-6,11H,3-4,7-10,19H2,1-2H3/t11-/m1/s1. The van der Waals surface area contributed by atoms with E-state index in [-0.39, 0.29) is 11.7 Å². The molecule has 0 saturated heterocycles. The van der Waals surface area contributed by atoms with Gasteiger partial charge in [-0.25, -0.2) is 4.39 Å². The van der Waals surface area contributed by atoms with E-state index in [4.69, 9.17) is 15.2 Å². The van der Waals surface area contributed by atoms with Gasteiger partial charge < -0.3 is 19.8 Å². The third-order valence-corrected chi connectivity index (χ3v) is 4.47. The molecule has 1 aromatic heterocycles. The monoisotopic (exact) mass is 306 g/mol. The summed E-state index contributed by atoms with van der Waals surface area (Å²) in [5, 5.41) is 0.683. The summed E-state index contributed by atoms with van der Waals surface area (Å²) in [4.78, 5) is 0. The molecule has 1 aliphatic heterocycles. The molecule has 0 spiro atoms. The summed E-state index contributed by atoms with van der Waals surface area (Å²) in [6.07, 6.45) is 2.11. The fourth-order valence-electron chi connectivity index (χ4n) is 3.39. The summed E-state index contributed by atoms with van der Waals surface area (Å²) in [7, 11) is 1.60. The van der Waals surface area contributed by atoms with Gasteiger partial charge in [-0.2, -0.15) is 0 Å². The van der Waals surface area contributed by atoms with E-state index in [2.05, 4.69) is 11.5 Å². The second kappa shape index (κ2) is 6.26. The van der Waals surface area contributed by atoms with Crippen molar-refractivity contribution in [1.82, 2.24) is 4.57 Å². The van der Waals surface area contributed by atoms with Crippen LogP contribution in [0.25, 0.3) is 10.9 Å². The summed E-state index contributed by atoms with van der Waals surface area (Å²) >= 11 is 0. The number of hydrogen-bond donors (Lipinski definition) is 1. The number of halogens is 1. The predicted octanol–water partition coefficient (Wildman–Crippen LogP) is 2.81. The Bertz CT molecular complexity index is 681.